The van der Waals surface area contributed by atoms with E-state index >= 15 is 0 Å². The molecule has 0 aliphatic carbocycles. The Hall–Kier alpha value is -1.82. The highest BCUT2D eigenvalue weighted by Gasteiger charge is 2.21. The largest absolute Gasteiger partial charge is 0.391 e. The standard InChI is InChI=1S/C17H26N4O2/c22-15-5-4-10-21(13-15)17(23)19-12-14-6-7-18-16(11-14)20-8-2-1-3-9-20/h6-7,11,15,22H,1-5,8-10,12-13H2,(H,19,23). The number of piperidine rings is 2. The maximum atomic E-state index is 12.2. The Kier molecular flexibility index (Phi) is 5.33. The van der Waals surface area contributed by atoms with Gasteiger partial charge in [0.05, 0.1) is 6.10 Å². The van der Waals surface area contributed by atoms with Crippen LogP contribution in [0.1, 0.15) is 37.7 Å². The van der Waals surface area contributed by atoms with Gasteiger partial charge in [-0.15, -0.1) is 0 Å². The summed E-state index contributed by atoms with van der Waals surface area (Å²) in [6, 6.07) is 3.91. The molecule has 0 aromatic carbocycles. The molecule has 2 fully saturated rings. The van der Waals surface area contributed by atoms with Crippen molar-refractivity contribution < 1.29 is 9.90 Å². The number of hydrogen-bond acceptors (Lipinski definition) is 4. The van der Waals surface area contributed by atoms with Gasteiger partial charge in [-0.05, 0) is 49.8 Å². The molecule has 2 amide bonds. The van der Waals surface area contributed by atoms with Crippen LogP contribution >= 0.6 is 0 Å². The fraction of sp³-hybridized carbons (Fsp3) is 0.647. The van der Waals surface area contributed by atoms with Crippen molar-refractivity contribution in [3.63, 3.8) is 0 Å². The number of amides is 2. The summed E-state index contributed by atoms with van der Waals surface area (Å²) in [6.45, 7) is 3.78. The molecule has 6 nitrogen and oxygen atoms in total. The van der Waals surface area contributed by atoms with Gasteiger partial charge in [0.25, 0.3) is 0 Å². The Morgan fingerprint density at radius 2 is 2.09 bits per heavy atom. The highest BCUT2D eigenvalue weighted by atomic mass is 16.3. The second-order valence-corrected chi connectivity index (χ2v) is 6.47. The summed E-state index contributed by atoms with van der Waals surface area (Å²) in [7, 11) is 0. The van der Waals surface area contributed by atoms with Gasteiger partial charge in [-0.3, -0.25) is 0 Å². The van der Waals surface area contributed by atoms with Gasteiger partial charge >= 0.3 is 6.03 Å². The van der Waals surface area contributed by atoms with Gasteiger partial charge in [-0.1, -0.05) is 0 Å². The van der Waals surface area contributed by atoms with E-state index in [4.69, 9.17) is 0 Å². The second-order valence-electron chi connectivity index (χ2n) is 6.47. The summed E-state index contributed by atoms with van der Waals surface area (Å²) in [6.07, 6.45) is 6.82. The van der Waals surface area contributed by atoms with Gasteiger partial charge in [0.2, 0.25) is 0 Å². The minimum Gasteiger partial charge on any atom is -0.391 e. The Morgan fingerprint density at radius 1 is 1.26 bits per heavy atom. The van der Waals surface area contributed by atoms with Crippen LogP contribution in [-0.4, -0.2) is 53.3 Å². The smallest absolute Gasteiger partial charge is 0.317 e. The van der Waals surface area contributed by atoms with Gasteiger partial charge in [0, 0.05) is 38.9 Å². The number of hydrogen-bond donors (Lipinski definition) is 2. The summed E-state index contributed by atoms with van der Waals surface area (Å²) in [5.74, 6) is 1.00. The maximum Gasteiger partial charge on any atom is 0.317 e. The van der Waals surface area contributed by atoms with Gasteiger partial charge in [-0.25, -0.2) is 9.78 Å². The topological polar surface area (TPSA) is 68.7 Å². The zero-order chi connectivity index (χ0) is 16.1. The lowest BCUT2D eigenvalue weighted by Gasteiger charge is -2.30. The van der Waals surface area contributed by atoms with Crippen LogP contribution in [-0.2, 0) is 6.54 Å². The van der Waals surface area contributed by atoms with Crippen molar-refractivity contribution in [2.45, 2.75) is 44.8 Å². The summed E-state index contributed by atoms with van der Waals surface area (Å²) in [4.78, 5) is 20.7. The van der Waals surface area contributed by atoms with Crippen molar-refractivity contribution in [2.75, 3.05) is 31.1 Å². The maximum absolute atomic E-state index is 12.2. The first kappa shape index (κ1) is 16.1. The number of aromatic nitrogens is 1. The van der Waals surface area contributed by atoms with E-state index in [2.05, 4.69) is 21.3 Å². The fourth-order valence-corrected chi connectivity index (χ4v) is 3.30. The molecule has 1 aromatic rings. The van der Waals surface area contributed by atoms with E-state index < -0.39 is 0 Å². The molecule has 2 aliphatic rings. The number of rotatable bonds is 3. The van der Waals surface area contributed by atoms with E-state index in [1.165, 1.54) is 19.3 Å². The molecule has 3 rings (SSSR count). The average Bonchev–Trinajstić information content (AvgIpc) is 2.61. The third kappa shape index (κ3) is 4.34. The lowest BCUT2D eigenvalue weighted by molar-refractivity contribution is 0.0842. The van der Waals surface area contributed by atoms with Crippen molar-refractivity contribution >= 4 is 11.8 Å². The number of pyridine rings is 1. The van der Waals surface area contributed by atoms with Crippen LogP contribution in [0.5, 0.6) is 0 Å². The molecule has 2 saturated heterocycles. The van der Waals surface area contributed by atoms with Crippen molar-refractivity contribution in [1.29, 1.82) is 0 Å². The molecule has 2 N–H and O–H groups in total. The number of aliphatic hydroxyl groups is 1. The molecule has 1 unspecified atom stereocenters. The molecule has 6 heteroatoms. The summed E-state index contributed by atoms with van der Waals surface area (Å²) >= 11 is 0. The Morgan fingerprint density at radius 3 is 2.87 bits per heavy atom. The van der Waals surface area contributed by atoms with Crippen LogP contribution in [0.4, 0.5) is 10.6 Å². The molecule has 0 bridgehead atoms. The second kappa shape index (κ2) is 7.64. The van der Waals surface area contributed by atoms with E-state index in [1.54, 1.807) is 4.90 Å². The number of carbonyl (C=O) groups excluding carboxylic acids is 1. The zero-order valence-corrected chi connectivity index (χ0v) is 13.6. The molecular formula is C17H26N4O2. The van der Waals surface area contributed by atoms with E-state index in [0.717, 1.165) is 43.9 Å². The number of aliphatic hydroxyl groups excluding tert-OH is 1. The third-order valence-electron chi connectivity index (χ3n) is 4.62. The third-order valence-corrected chi connectivity index (χ3v) is 4.62. The van der Waals surface area contributed by atoms with Crippen LogP contribution in [0.15, 0.2) is 18.3 Å². The fourth-order valence-electron chi connectivity index (χ4n) is 3.30. The van der Waals surface area contributed by atoms with Crippen molar-refractivity contribution in [3.05, 3.63) is 23.9 Å². The first-order chi connectivity index (χ1) is 11.2. The Bertz CT molecular complexity index is 531. The molecule has 126 valence electrons. The monoisotopic (exact) mass is 318 g/mol. The lowest BCUT2D eigenvalue weighted by atomic mass is 10.1. The molecule has 0 saturated carbocycles. The molecule has 3 heterocycles. The molecular weight excluding hydrogens is 292 g/mol. The quantitative estimate of drug-likeness (QED) is 0.891. The molecule has 23 heavy (non-hydrogen) atoms. The molecule has 1 atom stereocenters. The summed E-state index contributed by atoms with van der Waals surface area (Å²) in [5, 5.41) is 12.6. The molecule has 1 aromatic heterocycles. The van der Waals surface area contributed by atoms with Crippen molar-refractivity contribution in [1.82, 2.24) is 15.2 Å². The van der Waals surface area contributed by atoms with Gasteiger partial charge in [-0.2, -0.15) is 0 Å². The SMILES string of the molecule is O=C(NCc1ccnc(N2CCCCC2)c1)N1CCCC(O)C1. The van der Waals surface area contributed by atoms with Crippen LogP contribution in [0, 0.1) is 0 Å². The predicted octanol–water partition coefficient (Wildman–Crippen LogP) is 1.74. The van der Waals surface area contributed by atoms with Crippen LogP contribution in [0.3, 0.4) is 0 Å². The van der Waals surface area contributed by atoms with Crippen LogP contribution in [0.25, 0.3) is 0 Å². The summed E-state index contributed by atoms with van der Waals surface area (Å²) in [5.41, 5.74) is 1.06. The Labute approximate surface area is 137 Å². The first-order valence-corrected chi connectivity index (χ1v) is 8.63. The van der Waals surface area contributed by atoms with Crippen molar-refractivity contribution in [3.8, 4) is 0 Å². The number of nitrogens with one attached hydrogen (secondary N) is 1. The Balaban J connectivity index is 1.54. The number of β-amino-alcohol motifs (C(OH)–C–C–N with tert-alkyl or cyclic N) is 1. The van der Waals surface area contributed by atoms with Gasteiger partial charge in [0.15, 0.2) is 0 Å². The molecule has 0 radical (unpaired) electrons. The minimum atomic E-state index is -0.388. The predicted molar refractivity (Wildman–Crippen MR) is 89.4 cm³/mol. The number of nitrogens with zero attached hydrogens (tertiary/aromatic N) is 3. The van der Waals surface area contributed by atoms with E-state index in [-0.39, 0.29) is 12.1 Å². The number of likely N-dealkylation sites (tertiary alicyclic amines) is 1. The number of anilines is 1. The first-order valence-electron chi connectivity index (χ1n) is 8.63. The van der Waals surface area contributed by atoms with Gasteiger partial charge in [0.1, 0.15) is 5.82 Å². The minimum absolute atomic E-state index is 0.0971. The average molecular weight is 318 g/mol. The van der Waals surface area contributed by atoms with Crippen LogP contribution < -0.4 is 10.2 Å². The zero-order valence-electron chi connectivity index (χ0n) is 13.6. The number of urea groups is 1. The summed E-state index contributed by atoms with van der Waals surface area (Å²) < 4.78 is 0. The van der Waals surface area contributed by atoms with Crippen molar-refractivity contribution in [2.24, 2.45) is 0 Å². The molecule has 0 spiro atoms. The van der Waals surface area contributed by atoms with E-state index in [0.29, 0.717) is 13.1 Å². The van der Waals surface area contributed by atoms with Gasteiger partial charge < -0.3 is 20.2 Å². The number of carbonyl (C=O) groups is 1. The van der Waals surface area contributed by atoms with E-state index in [1.807, 2.05) is 12.3 Å². The normalized spacial score (nSPS) is 22.0. The highest BCUT2D eigenvalue weighted by Crippen LogP contribution is 2.18. The van der Waals surface area contributed by atoms with E-state index in [9.17, 15) is 9.90 Å². The molecule has 2 aliphatic heterocycles. The van der Waals surface area contributed by atoms with Crippen LogP contribution in [0.2, 0.25) is 0 Å². The lowest BCUT2D eigenvalue weighted by Crippen LogP contribution is -2.46. The highest BCUT2D eigenvalue weighted by molar-refractivity contribution is 5.74.